The molecule has 0 aromatic heterocycles. The first kappa shape index (κ1) is 21.4. The fraction of sp³-hybridized carbons (Fsp3) is 0.941. The van der Waals surface area contributed by atoms with Gasteiger partial charge in [0.2, 0.25) is 5.91 Å². The number of nitrogens with one attached hydrogen (secondary N) is 2. The molecule has 0 saturated heterocycles. The highest BCUT2D eigenvalue weighted by molar-refractivity contribution is 5.75. The first-order chi connectivity index (χ1) is 10.4. The number of carbonyl (C=O) groups excluding carboxylic acids is 1. The van der Waals surface area contributed by atoms with Crippen LogP contribution in [0.2, 0.25) is 0 Å². The molecular formula is C17H37N3O2. The lowest BCUT2D eigenvalue weighted by Crippen LogP contribution is -2.37. The molecule has 0 unspecified atom stereocenters. The number of rotatable bonds is 14. The summed E-state index contributed by atoms with van der Waals surface area (Å²) in [6.07, 6.45) is 2.45. The van der Waals surface area contributed by atoms with Crippen LogP contribution in [0.15, 0.2) is 0 Å². The van der Waals surface area contributed by atoms with Gasteiger partial charge in [-0.1, -0.05) is 27.7 Å². The van der Waals surface area contributed by atoms with E-state index in [1.165, 1.54) is 0 Å². The minimum atomic E-state index is 0.126. The minimum Gasteiger partial charge on any atom is -0.381 e. The molecule has 22 heavy (non-hydrogen) atoms. The van der Waals surface area contributed by atoms with Crippen molar-refractivity contribution in [3.63, 3.8) is 0 Å². The Morgan fingerprint density at radius 1 is 1.09 bits per heavy atom. The molecule has 0 spiro atoms. The van der Waals surface area contributed by atoms with Crippen LogP contribution in [0.25, 0.3) is 0 Å². The Labute approximate surface area is 137 Å². The van der Waals surface area contributed by atoms with Crippen LogP contribution in [0.4, 0.5) is 0 Å². The number of nitrogens with zero attached hydrogens (tertiary/aromatic N) is 1. The lowest BCUT2D eigenvalue weighted by atomic mass is 10.1. The van der Waals surface area contributed by atoms with E-state index in [1.54, 1.807) is 0 Å². The molecule has 5 heteroatoms. The van der Waals surface area contributed by atoms with Crippen molar-refractivity contribution in [1.82, 2.24) is 15.5 Å². The van der Waals surface area contributed by atoms with Gasteiger partial charge in [-0.25, -0.2) is 0 Å². The Bertz CT molecular complexity index is 271. The highest BCUT2D eigenvalue weighted by Gasteiger charge is 2.03. The third-order valence-electron chi connectivity index (χ3n) is 3.39. The number of ether oxygens (including phenoxy) is 1. The number of carbonyl (C=O) groups is 1. The molecule has 0 aromatic rings. The number of hydrogen-bond acceptors (Lipinski definition) is 4. The molecule has 1 amide bonds. The molecule has 0 rings (SSSR count). The van der Waals surface area contributed by atoms with Crippen LogP contribution < -0.4 is 10.6 Å². The molecule has 0 aliphatic rings. The zero-order valence-corrected chi connectivity index (χ0v) is 15.3. The molecule has 5 nitrogen and oxygen atoms in total. The van der Waals surface area contributed by atoms with Crippen LogP contribution in [-0.4, -0.2) is 63.3 Å². The smallest absolute Gasteiger partial charge is 0.220 e. The Morgan fingerprint density at radius 2 is 1.77 bits per heavy atom. The van der Waals surface area contributed by atoms with Gasteiger partial charge in [0.1, 0.15) is 0 Å². The molecule has 0 heterocycles. The summed E-state index contributed by atoms with van der Waals surface area (Å²) >= 11 is 0. The second-order valence-corrected chi connectivity index (χ2v) is 6.66. The maximum Gasteiger partial charge on any atom is 0.220 e. The van der Waals surface area contributed by atoms with E-state index in [0.29, 0.717) is 31.5 Å². The van der Waals surface area contributed by atoms with Crippen LogP contribution in [0.5, 0.6) is 0 Å². The van der Waals surface area contributed by atoms with Crippen molar-refractivity contribution in [2.45, 2.75) is 53.0 Å². The number of amides is 1. The third kappa shape index (κ3) is 15.7. The molecule has 0 aliphatic carbocycles. The number of likely N-dealkylation sites (N-methyl/N-ethyl adjacent to an activating group) is 1. The fourth-order valence-electron chi connectivity index (χ4n) is 1.89. The average molecular weight is 316 g/mol. The molecule has 2 N–H and O–H groups in total. The van der Waals surface area contributed by atoms with Gasteiger partial charge in [0.15, 0.2) is 0 Å². The Morgan fingerprint density at radius 3 is 2.41 bits per heavy atom. The summed E-state index contributed by atoms with van der Waals surface area (Å²) in [6, 6.07) is 0.524. The SMILES string of the molecule is CC(C)CCOCCCC(=O)NCCN(C)CCNC(C)C. The second kappa shape index (κ2) is 14.0. The largest absolute Gasteiger partial charge is 0.381 e. The van der Waals surface area contributed by atoms with Crippen LogP contribution in [-0.2, 0) is 9.53 Å². The van der Waals surface area contributed by atoms with Gasteiger partial charge in [-0.3, -0.25) is 4.79 Å². The van der Waals surface area contributed by atoms with Gasteiger partial charge in [-0.05, 0) is 25.8 Å². The van der Waals surface area contributed by atoms with E-state index in [4.69, 9.17) is 4.74 Å². The molecule has 0 aliphatic heterocycles. The van der Waals surface area contributed by atoms with Gasteiger partial charge >= 0.3 is 0 Å². The van der Waals surface area contributed by atoms with Crippen molar-refractivity contribution < 1.29 is 9.53 Å². The quantitative estimate of drug-likeness (QED) is 0.481. The summed E-state index contributed by atoms with van der Waals surface area (Å²) in [5.74, 6) is 0.803. The van der Waals surface area contributed by atoms with E-state index in [1.807, 2.05) is 0 Å². The van der Waals surface area contributed by atoms with E-state index >= 15 is 0 Å². The van der Waals surface area contributed by atoms with Gasteiger partial charge in [0.05, 0.1) is 0 Å². The van der Waals surface area contributed by atoms with Crippen molar-refractivity contribution in [2.75, 3.05) is 46.4 Å². The highest BCUT2D eigenvalue weighted by atomic mass is 16.5. The van der Waals surface area contributed by atoms with E-state index in [0.717, 1.165) is 39.1 Å². The minimum absolute atomic E-state index is 0.126. The third-order valence-corrected chi connectivity index (χ3v) is 3.39. The van der Waals surface area contributed by atoms with E-state index in [9.17, 15) is 4.79 Å². The average Bonchev–Trinajstić information content (AvgIpc) is 2.42. The standard InChI is InChI=1S/C17H37N3O2/c1-15(2)8-14-22-13-6-7-17(21)19-10-12-20(5)11-9-18-16(3)4/h15-16,18H,6-14H2,1-5H3,(H,19,21). The van der Waals surface area contributed by atoms with Crippen LogP contribution >= 0.6 is 0 Å². The lowest BCUT2D eigenvalue weighted by molar-refractivity contribution is -0.121. The van der Waals surface area contributed by atoms with Crippen LogP contribution in [0, 0.1) is 5.92 Å². The summed E-state index contributed by atoms with van der Waals surface area (Å²) in [7, 11) is 2.08. The van der Waals surface area contributed by atoms with Crippen molar-refractivity contribution in [3.05, 3.63) is 0 Å². The van der Waals surface area contributed by atoms with Crippen molar-refractivity contribution in [2.24, 2.45) is 5.92 Å². The maximum absolute atomic E-state index is 11.7. The van der Waals surface area contributed by atoms with Gasteiger partial charge in [-0.15, -0.1) is 0 Å². The monoisotopic (exact) mass is 315 g/mol. The first-order valence-electron chi connectivity index (χ1n) is 8.68. The summed E-state index contributed by atoms with van der Waals surface area (Å²) in [5, 5.41) is 6.35. The van der Waals surface area contributed by atoms with Crippen molar-refractivity contribution >= 4 is 5.91 Å². The summed E-state index contributed by atoms with van der Waals surface area (Å²) < 4.78 is 5.51. The Balaban J connectivity index is 3.38. The number of hydrogen-bond donors (Lipinski definition) is 2. The molecule has 0 radical (unpaired) electrons. The van der Waals surface area contributed by atoms with E-state index < -0.39 is 0 Å². The molecule has 132 valence electrons. The Kier molecular flexibility index (Phi) is 13.6. The first-order valence-corrected chi connectivity index (χ1v) is 8.68. The molecule has 0 atom stereocenters. The summed E-state index contributed by atoms with van der Waals surface area (Å²) in [5.41, 5.74) is 0. The van der Waals surface area contributed by atoms with Gasteiger partial charge in [-0.2, -0.15) is 0 Å². The molecule has 0 bridgehead atoms. The van der Waals surface area contributed by atoms with Gasteiger partial charge in [0.25, 0.3) is 0 Å². The molecule has 0 saturated carbocycles. The summed E-state index contributed by atoms with van der Waals surface area (Å²) in [6.45, 7) is 13.7. The van der Waals surface area contributed by atoms with Crippen LogP contribution in [0.3, 0.4) is 0 Å². The van der Waals surface area contributed by atoms with Gasteiger partial charge in [0, 0.05) is 51.9 Å². The van der Waals surface area contributed by atoms with Crippen molar-refractivity contribution in [1.29, 1.82) is 0 Å². The van der Waals surface area contributed by atoms with Crippen molar-refractivity contribution in [3.8, 4) is 0 Å². The fourth-order valence-corrected chi connectivity index (χ4v) is 1.89. The normalized spacial score (nSPS) is 11.6. The van der Waals surface area contributed by atoms with Crippen LogP contribution in [0.1, 0.15) is 47.0 Å². The maximum atomic E-state index is 11.7. The molecule has 0 fully saturated rings. The molecular weight excluding hydrogens is 278 g/mol. The van der Waals surface area contributed by atoms with E-state index in [-0.39, 0.29) is 5.91 Å². The van der Waals surface area contributed by atoms with E-state index in [2.05, 4.69) is 50.3 Å². The lowest BCUT2D eigenvalue weighted by Gasteiger charge is -2.18. The zero-order chi connectivity index (χ0) is 16.8. The molecule has 0 aromatic carbocycles. The Hall–Kier alpha value is -0.650. The zero-order valence-electron chi connectivity index (χ0n) is 15.3. The predicted octanol–water partition coefficient (Wildman–Crippen LogP) is 1.88. The summed E-state index contributed by atoms with van der Waals surface area (Å²) in [4.78, 5) is 13.9. The predicted molar refractivity (Wildman–Crippen MR) is 93.2 cm³/mol. The topological polar surface area (TPSA) is 53.6 Å². The second-order valence-electron chi connectivity index (χ2n) is 6.66. The van der Waals surface area contributed by atoms with Gasteiger partial charge < -0.3 is 20.3 Å². The highest BCUT2D eigenvalue weighted by Crippen LogP contribution is 1.99.